The first-order chi connectivity index (χ1) is 13.7. The number of hydrogen-bond acceptors (Lipinski definition) is 3. The van der Waals surface area contributed by atoms with E-state index in [1.807, 2.05) is 0 Å². The second kappa shape index (κ2) is 21.8. The second-order valence-electron chi connectivity index (χ2n) is 8.41. The normalized spacial score (nSPS) is 12.4. The van der Waals surface area contributed by atoms with Gasteiger partial charge in [-0.3, -0.25) is 0 Å². The third-order valence-corrected chi connectivity index (χ3v) is 8.35. The van der Waals surface area contributed by atoms with Gasteiger partial charge in [0.1, 0.15) is 9.52 Å². The molecule has 0 radical (unpaired) electrons. The Morgan fingerprint density at radius 2 is 0.750 bits per heavy atom. The average Bonchev–Trinajstić information content (AvgIpc) is 2.73. The molecule has 0 heterocycles. The van der Waals surface area contributed by atoms with Crippen molar-refractivity contribution >= 4 is 9.52 Å². The smallest absolute Gasteiger partial charge is 0.248 e. The molecule has 0 aromatic heterocycles. The van der Waals surface area contributed by atoms with Gasteiger partial charge in [-0.15, -0.1) is 0 Å². The molecule has 0 bridgehead atoms. The zero-order valence-corrected chi connectivity index (χ0v) is 21.3. The minimum Gasteiger partial charge on any atom is -0.335 e. The minimum absolute atomic E-state index is 0.515. The summed E-state index contributed by atoms with van der Waals surface area (Å²) in [6.45, 7) is 2.29. The zero-order chi connectivity index (χ0) is 20.8. The number of ether oxygens (including phenoxy) is 3. The van der Waals surface area contributed by atoms with Crippen molar-refractivity contribution in [2.75, 3.05) is 21.3 Å². The van der Waals surface area contributed by atoms with Gasteiger partial charge in [-0.25, -0.2) is 0 Å². The molecule has 0 aromatic carbocycles. The maximum Gasteiger partial charge on any atom is 0.248 e. The Balaban J connectivity index is 3.18. The summed E-state index contributed by atoms with van der Waals surface area (Å²) in [5, 5.41) is 0. The Hall–Kier alpha value is 0.0969. The molecule has 0 aliphatic rings. The molecule has 0 aliphatic carbocycles. The lowest BCUT2D eigenvalue weighted by atomic mass is 10.0. The lowest BCUT2D eigenvalue weighted by Gasteiger charge is -2.28. The van der Waals surface area contributed by atoms with E-state index in [0.29, 0.717) is 0 Å². The van der Waals surface area contributed by atoms with Crippen LogP contribution in [0.1, 0.15) is 122 Å². The first-order valence-corrected chi connectivity index (χ1v) is 14.1. The number of unbranched alkanes of at least 4 members (excludes halogenated alkanes) is 17. The predicted molar refractivity (Wildman–Crippen MR) is 126 cm³/mol. The molecule has 0 rings (SSSR count). The molecule has 0 atom stereocenters. The quantitative estimate of drug-likeness (QED) is 0.100. The summed E-state index contributed by atoms with van der Waals surface area (Å²) >= 11 is 0. The van der Waals surface area contributed by atoms with Gasteiger partial charge in [0, 0.05) is 21.3 Å². The highest BCUT2D eigenvalue weighted by Gasteiger charge is 2.28. The van der Waals surface area contributed by atoms with E-state index in [9.17, 15) is 0 Å². The van der Waals surface area contributed by atoms with Crippen LogP contribution in [0.25, 0.3) is 0 Å². The monoisotopic (exact) mass is 416 g/mol. The van der Waals surface area contributed by atoms with Crippen LogP contribution in [0.3, 0.4) is 0 Å². The van der Waals surface area contributed by atoms with E-state index >= 15 is 0 Å². The van der Waals surface area contributed by atoms with E-state index < -0.39 is 15.1 Å². The van der Waals surface area contributed by atoms with Crippen LogP contribution >= 0.6 is 0 Å². The fourth-order valence-corrected chi connectivity index (χ4v) is 5.63. The van der Waals surface area contributed by atoms with E-state index in [0.717, 1.165) is 0 Å². The van der Waals surface area contributed by atoms with Crippen molar-refractivity contribution in [3.8, 4) is 0 Å². The molecule has 0 amide bonds. The second-order valence-corrected chi connectivity index (χ2v) is 10.5. The molecule has 0 aromatic rings. The van der Waals surface area contributed by atoms with Gasteiger partial charge in [0.05, 0.1) is 0 Å². The average molecular weight is 417 g/mol. The van der Waals surface area contributed by atoms with Crippen LogP contribution in [-0.4, -0.2) is 36.4 Å². The molecule has 0 aliphatic heterocycles. The molecular formula is C24H52O3Si. The molecule has 0 N–H and O–H groups in total. The summed E-state index contributed by atoms with van der Waals surface area (Å²) in [6.07, 6.45) is 25.7. The highest BCUT2D eigenvalue weighted by molar-refractivity contribution is 6.38. The molecule has 0 fully saturated rings. The molecule has 0 saturated heterocycles. The standard InChI is InChI=1S/C24H52O3Si/c1-5-6-7-8-9-10-11-12-13-14-15-16-17-18-19-20-21-22-23-28-24(25-2,26-3)27-4/h5-23,28H2,1-4H3. The third-order valence-electron chi connectivity index (χ3n) is 6.02. The summed E-state index contributed by atoms with van der Waals surface area (Å²) in [4.78, 5) is 0. The SMILES string of the molecule is CCCCCCCCCCCCCCCCCCCC[SiH2]C(OC)(OC)OC. The lowest BCUT2D eigenvalue weighted by molar-refractivity contribution is -0.294. The maximum absolute atomic E-state index is 5.39. The maximum atomic E-state index is 5.39. The van der Waals surface area contributed by atoms with E-state index in [4.69, 9.17) is 14.2 Å². The summed E-state index contributed by atoms with van der Waals surface area (Å²) < 4.78 is 16.2. The highest BCUT2D eigenvalue weighted by atomic mass is 28.2. The molecule has 0 unspecified atom stereocenters. The fraction of sp³-hybridized carbons (Fsp3) is 1.00. The van der Waals surface area contributed by atoms with E-state index in [2.05, 4.69) is 6.92 Å². The van der Waals surface area contributed by atoms with Crippen molar-refractivity contribution in [2.45, 2.75) is 134 Å². The predicted octanol–water partition coefficient (Wildman–Crippen LogP) is 7.17. The Bertz CT molecular complexity index is 287. The van der Waals surface area contributed by atoms with Gasteiger partial charge in [0.25, 0.3) is 0 Å². The van der Waals surface area contributed by atoms with Crippen molar-refractivity contribution in [1.29, 1.82) is 0 Å². The van der Waals surface area contributed by atoms with Crippen LogP contribution in [0, 0.1) is 0 Å². The number of methoxy groups -OCH3 is 3. The minimum atomic E-state index is -0.700. The van der Waals surface area contributed by atoms with Crippen molar-refractivity contribution in [3.63, 3.8) is 0 Å². The van der Waals surface area contributed by atoms with Crippen molar-refractivity contribution in [3.05, 3.63) is 0 Å². The van der Waals surface area contributed by atoms with Crippen LogP contribution in [0.2, 0.25) is 6.04 Å². The Morgan fingerprint density at radius 3 is 1.04 bits per heavy atom. The van der Waals surface area contributed by atoms with Gasteiger partial charge in [-0.05, 0) is 0 Å². The van der Waals surface area contributed by atoms with Gasteiger partial charge in [0.15, 0.2) is 0 Å². The summed E-state index contributed by atoms with van der Waals surface area (Å²) in [6, 6.07) is 1.23. The molecule has 3 nitrogen and oxygen atoms in total. The first-order valence-electron chi connectivity index (χ1n) is 12.4. The molecule has 4 heteroatoms. The van der Waals surface area contributed by atoms with Crippen molar-refractivity contribution in [2.24, 2.45) is 0 Å². The molecule has 170 valence electrons. The van der Waals surface area contributed by atoms with Crippen LogP contribution in [0.15, 0.2) is 0 Å². The van der Waals surface area contributed by atoms with Gasteiger partial charge in [-0.2, -0.15) is 0 Å². The summed E-state index contributed by atoms with van der Waals surface area (Å²) in [7, 11) is 4.51. The Labute approximate surface area is 179 Å². The van der Waals surface area contributed by atoms with Crippen LogP contribution in [0.4, 0.5) is 0 Å². The van der Waals surface area contributed by atoms with Crippen molar-refractivity contribution in [1.82, 2.24) is 0 Å². The van der Waals surface area contributed by atoms with Crippen LogP contribution in [-0.2, 0) is 14.2 Å². The van der Waals surface area contributed by atoms with Crippen LogP contribution < -0.4 is 0 Å². The van der Waals surface area contributed by atoms with Gasteiger partial charge in [-0.1, -0.05) is 129 Å². The molecule has 0 saturated carbocycles. The fourth-order valence-electron chi connectivity index (χ4n) is 3.98. The first kappa shape index (κ1) is 28.1. The molecule has 0 spiro atoms. The van der Waals surface area contributed by atoms with Crippen molar-refractivity contribution < 1.29 is 14.2 Å². The summed E-state index contributed by atoms with van der Waals surface area (Å²) in [5.41, 5.74) is -0.700. The highest BCUT2D eigenvalue weighted by Crippen LogP contribution is 2.16. The zero-order valence-electron chi connectivity index (χ0n) is 19.9. The Kier molecular flexibility index (Phi) is 21.9. The molecular weight excluding hydrogens is 364 g/mol. The molecule has 28 heavy (non-hydrogen) atoms. The largest absolute Gasteiger partial charge is 0.335 e. The third kappa shape index (κ3) is 17.0. The summed E-state index contributed by atoms with van der Waals surface area (Å²) in [5.74, 6) is 0. The van der Waals surface area contributed by atoms with Crippen LogP contribution in [0.5, 0.6) is 0 Å². The van der Waals surface area contributed by atoms with E-state index in [1.54, 1.807) is 21.3 Å². The Morgan fingerprint density at radius 1 is 0.464 bits per heavy atom. The van der Waals surface area contributed by atoms with Gasteiger partial charge in [0.2, 0.25) is 5.60 Å². The lowest BCUT2D eigenvalue weighted by Crippen LogP contribution is -2.42. The number of hydrogen-bond donors (Lipinski definition) is 0. The number of rotatable bonds is 23. The van der Waals surface area contributed by atoms with E-state index in [-0.39, 0.29) is 0 Å². The van der Waals surface area contributed by atoms with E-state index in [1.165, 1.54) is 122 Å². The van der Waals surface area contributed by atoms with Gasteiger partial charge < -0.3 is 14.2 Å². The van der Waals surface area contributed by atoms with Gasteiger partial charge >= 0.3 is 0 Å². The topological polar surface area (TPSA) is 27.7 Å².